The van der Waals surface area contributed by atoms with Crippen molar-refractivity contribution in [2.45, 2.75) is 64.3 Å². The molecular weight excluding hydrogens is 446 g/mol. The average Bonchev–Trinajstić information content (AvgIpc) is 3.33. The van der Waals surface area contributed by atoms with Crippen molar-refractivity contribution in [1.82, 2.24) is 4.90 Å². The summed E-state index contributed by atoms with van der Waals surface area (Å²) in [6.07, 6.45) is -0.779. The lowest BCUT2D eigenvalue weighted by molar-refractivity contribution is -0.161. The van der Waals surface area contributed by atoms with Gasteiger partial charge in [0.1, 0.15) is 5.60 Å². The number of amides is 1. The minimum Gasteiger partial charge on any atom is -0.465 e. The summed E-state index contributed by atoms with van der Waals surface area (Å²) in [5, 5.41) is 0. The molecule has 2 fully saturated rings. The molecule has 2 aromatic carbocycles. The van der Waals surface area contributed by atoms with Gasteiger partial charge in [0.05, 0.1) is 25.7 Å². The van der Waals surface area contributed by atoms with Crippen LogP contribution >= 0.6 is 0 Å². The van der Waals surface area contributed by atoms with Gasteiger partial charge in [-0.05, 0) is 40.2 Å². The van der Waals surface area contributed by atoms with Gasteiger partial charge in [-0.1, -0.05) is 60.2 Å². The topological polar surface area (TPSA) is 82.1 Å². The summed E-state index contributed by atoms with van der Waals surface area (Å²) in [7, 11) is 0. The predicted molar refractivity (Wildman–Crippen MR) is 129 cm³/mol. The van der Waals surface area contributed by atoms with E-state index in [0.29, 0.717) is 5.56 Å². The molecule has 0 aromatic heterocycles. The molecule has 186 valence electrons. The summed E-state index contributed by atoms with van der Waals surface area (Å²) in [6.45, 7) is 9.33. The summed E-state index contributed by atoms with van der Waals surface area (Å²) in [6, 6.07) is 16.2. The first kappa shape index (κ1) is 24.9. The lowest BCUT2D eigenvalue weighted by Gasteiger charge is -2.33. The Morgan fingerprint density at radius 1 is 1.09 bits per heavy atom. The quantitative estimate of drug-likeness (QED) is 0.459. The van der Waals surface area contributed by atoms with Gasteiger partial charge in [0, 0.05) is 11.5 Å². The van der Waals surface area contributed by atoms with E-state index in [-0.39, 0.29) is 19.6 Å². The van der Waals surface area contributed by atoms with E-state index in [1.54, 1.807) is 44.7 Å². The highest BCUT2D eigenvalue weighted by atomic mass is 16.6. The molecule has 0 N–H and O–H groups in total. The molecule has 2 aliphatic heterocycles. The van der Waals surface area contributed by atoms with E-state index in [4.69, 9.17) is 14.2 Å². The maximum absolute atomic E-state index is 14.4. The van der Waals surface area contributed by atoms with Crippen LogP contribution in [0.3, 0.4) is 0 Å². The molecule has 0 saturated carbocycles. The van der Waals surface area contributed by atoms with Gasteiger partial charge in [-0.3, -0.25) is 14.4 Å². The first-order chi connectivity index (χ1) is 16.6. The van der Waals surface area contributed by atoms with E-state index in [1.807, 2.05) is 49.4 Å². The molecule has 0 spiro atoms. The lowest BCUT2D eigenvalue weighted by Crippen LogP contribution is -2.50. The van der Waals surface area contributed by atoms with Crippen LogP contribution in [0.1, 0.15) is 57.0 Å². The van der Waals surface area contributed by atoms with Gasteiger partial charge in [-0.25, -0.2) is 0 Å². The summed E-state index contributed by atoms with van der Waals surface area (Å²) < 4.78 is 17.2. The largest absolute Gasteiger partial charge is 0.465 e. The highest BCUT2D eigenvalue weighted by molar-refractivity contribution is 6.11. The normalized spacial score (nSPS) is 25.9. The molecule has 35 heavy (non-hydrogen) atoms. The van der Waals surface area contributed by atoms with E-state index in [0.717, 1.165) is 11.1 Å². The van der Waals surface area contributed by atoms with Gasteiger partial charge < -0.3 is 19.1 Å². The van der Waals surface area contributed by atoms with Gasteiger partial charge in [0.2, 0.25) is 5.91 Å². The standard InChI is InChI=1S/C28H33NO6/c1-6-33-26(32)28(20-14-12-18(2)13-15-20)21(16-23(30)35-27(3,4)5)22-17-34-24(29(22)25(28)31)19-10-8-7-9-11-19/h7-15,21-22,24H,6,16-17H2,1-5H3/t21-,22-,24-,28+/m1/s1. The zero-order valence-electron chi connectivity index (χ0n) is 20.9. The Bertz CT molecular complexity index is 1090. The minimum atomic E-state index is -1.68. The van der Waals surface area contributed by atoms with Gasteiger partial charge in [0.15, 0.2) is 11.6 Å². The monoisotopic (exact) mass is 479 g/mol. The van der Waals surface area contributed by atoms with Crippen molar-refractivity contribution in [3.8, 4) is 0 Å². The molecular formula is C28H33NO6. The molecule has 0 unspecified atom stereocenters. The molecule has 2 aliphatic rings. The second-order valence-corrected chi connectivity index (χ2v) is 10.2. The summed E-state index contributed by atoms with van der Waals surface area (Å²) in [5.41, 5.74) is -0.0615. The SMILES string of the molecule is CCOC(=O)[C@]1(c2ccc(C)cc2)C(=O)N2[C@@H](c3ccccc3)OC[C@@H]2[C@H]1CC(=O)OC(C)(C)C. The van der Waals surface area contributed by atoms with Gasteiger partial charge in [0.25, 0.3) is 0 Å². The van der Waals surface area contributed by atoms with Crippen LogP contribution in [-0.2, 0) is 34.0 Å². The highest BCUT2D eigenvalue weighted by Crippen LogP contribution is 2.52. The summed E-state index contributed by atoms with van der Waals surface area (Å²) in [5.74, 6) is -2.25. The molecule has 2 aromatic rings. The number of fused-ring (bicyclic) bond motifs is 1. The second-order valence-electron chi connectivity index (χ2n) is 10.2. The van der Waals surface area contributed by atoms with Crippen molar-refractivity contribution in [2.24, 2.45) is 5.92 Å². The maximum atomic E-state index is 14.4. The second kappa shape index (κ2) is 9.46. The van der Waals surface area contributed by atoms with Gasteiger partial charge in [-0.15, -0.1) is 0 Å². The first-order valence-corrected chi connectivity index (χ1v) is 12.0. The molecule has 2 heterocycles. The summed E-state index contributed by atoms with van der Waals surface area (Å²) in [4.78, 5) is 42.8. The van der Waals surface area contributed by atoms with Crippen LogP contribution < -0.4 is 0 Å². The molecule has 4 atom stereocenters. The average molecular weight is 480 g/mol. The third kappa shape index (κ3) is 4.45. The van der Waals surface area contributed by atoms with Crippen LogP contribution in [0.2, 0.25) is 0 Å². The number of carbonyl (C=O) groups excluding carboxylic acids is 3. The summed E-state index contributed by atoms with van der Waals surface area (Å²) >= 11 is 0. The van der Waals surface area contributed by atoms with Crippen molar-refractivity contribution in [1.29, 1.82) is 0 Å². The van der Waals surface area contributed by atoms with Crippen LogP contribution in [0, 0.1) is 12.8 Å². The Hall–Kier alpha value is -3.19. The van der Waals surface area contributed by atoms with E-state index in [9.17, 15) is 14.4 Å². The van der Waals surface area contributed by atoms with Gasteiger partial charge >= 0.3 is 11.9 Å². The van der Waals surface area contributed by atoms with Gasteiger partial charge in [-0.2, -0.15) is 0 Å². The van der Waals surface area contributed by atoms with Crippen molar-refractivity contribution in [3.63, 3.8) is 0 Å². The van der Waals surface area contributed by atoms with Crippen LogP contribution in [-0.4, -0.2) is 47.6 Å². The molecule has 0 bridgehead atoms. The van der Waals surface area contributed by atoms with E-state index < -0.39 is 47.0 Å². The molecule has 4 rings (SSSR count). The zero-order valence-corrected chi connectivity index (χ0v) is 20.9. The van der Waals surface area contributed by atoms with Crippen molar-refractivity contribution >= 4 is 17.8 Å². The number of ether oxygens (including phenoxy) is 3. The van der Waals surface area contributed by atoms with Crippen molar-refractivity contribution < 1.29 is 28.6 Å². The Morgan fingerprint density at radius 3 is 2.34 bits per heavy atom. The highest BCUT2D eigenvalue weighted by Gasteiger charge is 2.68. The Morgan fingerprint density at radius 2 is 1.74 bits per heavy atom. The lowest BCUT2D eigenvalue weighted by atomic mass is 9.68. The Balaban J connectivity index is 1.86. The van der Waals surface area contributed by atoms with E-state index >= 15 is 0 Å². The Labute approximate surface area is 206 Å². The minimum absolute atomic E-state index is 0.113. The molecule has 7 heteroatoms. The number of hydrogen-bond donors (Lipinski definition) is 0. The number of esters is 2. The fourth-order valence-electron chi connectivity index (χ4n) is 5.22. The van der Waals surface area contributed by atoms with Crippen LogP contribution in [0.5, 0.6) is 0 Å². The van der Waals surface area contributed by atoms with Crippen molar-refractivity contribution in [2.75, 3.05) is 13.2 Å². The molecule has 7 nitrogen and oxygen atoms in total. The number of hydrogen-bond acceptors (Lipinski definition) is 6. The van der Waals surface area contributed by atoms with Crippen molar-refractivity contribution in [3.05, 3.63) is 71.3 Å². The zero-order chi connectivity index (χ0) is 25.4. The third-order valence-electron chi connectivity index (χ3n) is 6.62. The Kier molecular flexibility index (Phi) is 6.73. The molecule has 0 radical (unpaired) electrons. The molecule has 2 saturated heterocycles. The number of aryl methyl sites for hydroxylation is 1. The number of nitrogens with zero attached hydrogens (tertiary/aromatic N) is 1. The third-order valence-corrected chi connectivity index (χ3v) is 6.62. The fourth-order valence-corrected chi connectivity index (χ4v) is 5.22. The number of benzene rings is 2. The first-order valence-electron chi connectivity index (χ1n) is 12.0. The van der Waals surface area contributed by atoms with Crippen LogP contribution in [0.25, 0.3) is 0 Å². The number of carbonyl (C=O) groups is 3. The van der Waals surface area contributed by atoms with E-state index in [1.165, 1.54) is 0 Å². The smallest absolute Gasteiger partial charge is 0.326 e. The van der Waals surface area contributed by atoms with E-state index in [2.05, 4.69) is 0 Å². The van der Waals surface area contributed by atoms with Crippen LogP contribution in [0.15, 0.2) is 54.6 Å². The fraction of sp³-hybridized carbons (Fsp3) is 0.464. The van der Waals surface area contributed by atoms with Crippen LogP contribution in [0.4, 0.5) is 0 Å². The number of rotatable bonds is 6. The maximum Gasteiger partial charge on any atom is 0.326 e. The predicted octanol–water partition coefficient (Wildman–Crippen LogP) is 4.08. The molecule has 0 aliphatic carbocycles. The molecule has 1 amide bonds.